The van der Waals surface area contributed by atoms with Crippen LogP contribution in [0.3, 0.4) is 0 Å². The van der Waals surface area contributed by atoms with Crippen LogP contribution in [0.4, 0.5) is 0 Å². The summed E-state index contributed by atoms with van der Waals surface area (Å²) in [6, 6.07) is 0.173. The number of rotatable bonds is 5. The summed E-state index contributed by atoms with van der Waals surface area (Å²) in [5.41, 5.74) is 5.39. The molecule has 1 rings (SSSR count). The smallest absolute Gasteiger partial charge is 0.232 e. The number of carbonyl (C=O) groups is 1. The molecule has 2 atom stereocenters. The third-order valence-corrected chi connectivity index (χ3v) is 4.28. The molecule has 1 saturated heterocycles. The van der Waals surface area contributed by atoms with Crippen LogP contribution in [0.2, 0.25) is 0 Å². The van der Waals surface area contributed by atoms with Crippen LogP contribution in [-0.2, 0) is 20.3 Å². The Morgan fingerprint density at radius 2 is 2.19 bits per heavy atom. The summed E-state index contributed by atoms with van der Waals surface area (Å²) in [5, 5.41) is 2.75. The van der Waals surface area contributed by atoms with Crippen LogP contribution in [0.5, 0.6) is 0 Å². The topological polar surface area (TPSA) is 81.4 Å². The maximum atomic E-state index is 11.6. The first-order chi connectivity index (χ1) is 7.63. The summed E-state index contributed by atoms with van der Waals surface area (Å²) < 4.78 is 16.8. The zero-order valence-electron chi connectivity index (χ0n) is 9.61. The molecule has 0 aromatic heterocycles. The van der Waals surface area contributed by atoms with Crippen molar-refractivity contribution in [3.05, 3.63) is 0 Å². The molecule has 0 saturated carbocycles. The molecular weight excluding hydrogens is 228 g/mol. The lowest BCUT2D eigenvalue weighted by atomic mass is 10.1. The van der Waals surface area contributed by atoms with Gasteiger partial charge in [-0.1, -0.05) is 0 Å². The fraction of sp³-hybridized carbons (Fsp3) is 0.900. The maximum absolute atomic E-state index is 11.6. The second-order valence-electron chi connectivity index (χ2n) is 4.03. The molecule has 1 aliphatic rings. The van der Waals surface area contributed by atoms with E-state index in [2.05, 4.69) is 5.32 Å². The van der Waals surface area contributed by atoms with Crippen LogP contribution in [0, 0.1) is 0 Å². The van der Waals surface area contributed by atoms with E-state index in [0.717, 1.165) is 12.8 Å². The van der Waals surface area contributed by atoms with Gasteiger partial charge < -0.3 is 15.8 Å². The molecule has 0 radical (unpaired) electrons. The van der Waals surface area contributed by atoms with E-state index in [4.69, 9.17) is 10.5 Å². The van der Waals surface area contributed by atoms with Crippen LogP contribution < -0.4 is 11.1 Å². The first-order valence-corrected chi connectivity index (χ1v) is 6.96. The van der Waals surface area contributed by atoms with Crippen molar-refractivity contribution in [3.8, 4) is 0 Å². The quantitative estimate of drug-likeness (QED) is 0.679. The van der Waals surface area contributed by atoms with Crippen LogP contribution in [0.1, 0.15) is 19.8 Å². The molecule has 0 spiro atoms. The largest absolute Gasteiger partial charge is 0.381 e. The van der Waals surface area contributed by atoms with Crippen molar-refractivity contribution in [2.45, 2.75) is 31.1 Å². The summed E-state index contributed by atoms with van der Waals surface area (Å²) in [6.45, 7) is 3.51. The standard InChI is InChI=1S/C10H20N2O3S/c1-8(6-11)16(14)7-10(13)12-9-2-4-15-5-3-9/h8-9H,2-7,11H2,1H3,(H,12,13). The Balaban J connectivity index is 2.26. The third kappa shape index (κ3) is 4.59. The molecule has 2 unspecified atom stereocenters. The Bertz CT molecular complexity index is 254. The number of hydrogen-bond acceptors (Lipinski definition) is 4. The predicted octanol–water partition coefficient (Wildman–Crippen LogP) is -0.622. The maximum Gasteiger partial charge on any atom is 0.232 e. The van der Waals surface area contributed by atoms with Crippen molar-refractivity contribution in [2.24, 2.45) is 5.73 Å². The minimum Gasteiger partial charge on any atom is -0.381 e. The normalized spacial score (nSPS) is 21.4. The molecule has 1 amide bonds. The van der Waals surface area contributed by atoms with Crippen molar-refractivity contribution in [2.75, 3.05) is 25.5 Å². The molecule has 0 aromatic rings. The second-order valence-corrected chi connectivity index (χ2v) is 5.88. The van der Waals surface area contributed by atoms with Gasteiger partial charge in [0, 0.05) is 41.8 Å². The molecule has 94 valence electrons. The highest BCUT2D eigenvalue weighted by molar-refractivity contribution is 7.86. The monoisotopic (exact) mass is 248 g/mol. The summed E-state index contributed by atoms with van der Waals surface area (Å²) >= 11 is 0. The van der Waals surface area contributed by atoms with Crippen LogP contribution in [0.25, 0.3) is 0 Å². The van der Waals surface area contributed by atoms with Gasteiger partial charge in [-0.2, -0.15) is 0 Å². The van der Waals surface area contributed by atoms with Crippen molar-refractivity contribution < 1.29 is 13.7 Å². The minimum atomic E-state index is -1.17. The van der Waals surface area contributed by atoms with E-state index in [-0.39, 0.29) is 23.0 Å². The minimum absolute atomic E-state index is 0.0513. The fourth-order valence-corrected chi connectivity index (χ4v) is 2.33. The number of hydrogen-bond donors (Lipinski definition) is 2. The first-order valence-electron chi connectivity index (χ1n) is 5.58. The first kappa shape index (κ1) is 13.6. The van der Waals surface area contributed by atoms with Gasteiger partial charge in [-0.05, 0) is 19.8 Å². The number of carbonyl (C=O) groups excluding carboxylic acids is 1. The Labute approximate surface area is 98.6 Å². The van der Waals surface area contributed by atoms with Gasteiger partial charge in [0.1, 0.15) is 5.75 Å². The van der Waals surface area contributed by atoms with E-state index in [1.165, 1.54) is 0 Å². The van der Waals surface area contributed by atoms with E-state index >= 15 is 0 Å². The van der Waals surface area contributed by atoms with Gasteiger partial charge in [0.05, 0.1) is 0 Å². The highest BCUT2D eigenvalue weighted by Gasteiger charge is 2.18. The van der Waals surface area contributed by atoms with Crippen LogP contribution in [-0.4, -0.2) is 46.9 Å². The Morgan fingerprint density at radius 1 is 1.56 bits per heavy atom. The Hall–Kier alpha value is -0.460. The summed E-state index contributed by atoms with van der Waals surface area (Å²) in [4.78, 5) is 11.6. The van der Waals surface area contributed by atoms with Gasteiger partial charge in [-0.25, -0.2) is 0 Å². The van der Waals surface area contributed by atoms with E-state index in [9.17, 15) is 9.00 Å². The van der Waals surface area contributed by atoms with E-state index in [0.29, 0.717) is 19.8 Å². The Kier molecular flexibility index (Phi) is 5.94. The molecule has 0 aromatic carbocycles. The highest BCUT2D eigenvalue weighted by Crippen LogP contribution is 2.06. The summed E-state index contributed by atoms with van der Waals surface area (Å²) in [6.07, 6.45) is 1.68. The van der Waals surface area contributed by atoms with Crippen molar-refractivity contribution >= 4 is 16.7 Å². The zero-order chi connectivity index (χ0) is 12.0. The van der Waals surface area contributed by atoms with Crippen LogP contribution in [0.15, 0.2) is 0 Å². The molecule has 3 N–H and O–H groups in total. The lowest BCUT2D eigenvalue weighted by molar-refractivity contribution is -0.119. The molecule has 6 heteroatoms. The molecule has 5 nitrogen and oxygen atoms in total. The van der Waals surface area contributed by atoms with Gasteiger partial charge >= 0.3 is 0 Å². The summed E-state index contributed by atoms with van der Waals surface area (Å²) in [7, 11) is -1.17. The molecule has 0 aliphatic carbocycles. The fourth-order valence-electron chi connectivity index (χ4n) is 1.49. The van der Waals surface area contributed by atoms with E-state index < -0.39 is 10.8 Å². The average molecular weight is 248 g/mol. The van der Waals surface area contributed by atoms with Crippen molar-refractivity contribution in [3.63, 3.8) is 0 Å². The molecule has 1 heterocycles. The number of ether oxygens (including phenoxy) is 1. The van der Waals surface area contributed by atoms with Crippen molar-refractivity contribution in [1.29, 1.82) is 0 Å². The van der Waals surface area contributed by atoms with Gasteiger partial charge in [-0.3, -0.25) is 9.00 Å². The Morgan fingerprint density at radius 3 is 2.75 bits per heavy atom. The lowest BCUT2D eigenvalue weighted by Crippen LogP contribution is -2.42. The number of nitrogens with two attached hydrogens (primary N) is 1. The molecular formula is C10H20N2O3S. The molecule has 16 heavy (non-hydrogen) atoms. The van der Waals surface area contributed by atoms with Gasteiger partial charge in [0.2, 0.25) is 5.91 Å². The van der Waals surface area contributed by atoms with E-state index in [1.54, 1.807) is 6.92 Å². The molecule has 0 bridgehead atoms. The van der Waals surface area contributed by atoms with Gasteiger partial charge in [-0.15, -0.1) is 0 Å². The molecule has 1 fully saturated rings. The SMILES string of the molecule is CC(CN)S(=O)CC(=O)NC1CCOCC1. The van der Waals surface area contributed by atoms with Gasteiger partial charge in [0.25, 0.3) is 0 Å². The number of amides is 1. The van der Waals surface area contributed by atoms with Crippen molar-refractivity contribution in [1.82, 2.24) is 5.32 Å². The lowest BCUT2D eigenvalue weighted by Gasteiger charge is -2.23. The van der Waals surface area contributed by atoms with E-state index in [1.807, 2.05) is 0 Å². The zero-order valence-corrected chi connectivity index (χ0v) is 10.4. The third-order valence-electron chi connectivity index (χ3n) is 2.64. The highest BCUT2D eigenvalue weighted by atomic mass is 32.2. The average Bonchev–Trinajstić information content (AvgIpc) is 2.29. The summed E-state index contributed by atoms with van der Waals surface area (Å²) in [5.74, 6) is -0.0963. The van der Waals surface area contributed by atoms with Gasteiger partial charge in [0.15, 0.2) is 0 Å². The second kappa shape index (κ2) is 6.98. The predicted molar refractivity (Wildman–Crippen MR) is 63.5 cm³/mol. The van der Waals surface area contributed by atoms with Crippen LogP contribution >= 0.6 is 0 Å². The number of nitrogens with one attached hydrogen (secondary N) is 1. The molecule has 1 aliphatic heterocycles.